The molecule has 0 radical (unpaired) electrons. The molecule has 23 heavy (non-hydrogen) atoms. The number of ether oxygens (including phenoxy) is 4. The van der Waals surface area contributed by atoms with Crippen LogP contribution >= 0.6 is 0 Å². The number of halogens is 1. The molecule has 0 saturated heterocycles. The quantitative estimate of drug-likeness (QED) is 0.781. The van der Waals surface area contributed by atoms with Crippen molar-refractivity contribution in [3.05, 3.63) is 47.3 Å². The molecule has 2 aliphatic heterocycles. The van der Waals surface area contributed by atoms with Crippen molar-refractivity contribution in [2.75, 3.05) is 13.6 Å². The van der Waals surface area contributed by atoms with Gasteiger partial charge in [-0.3, -0.25) is 0 Å². The van der Waals surface area contributed by atoms with Gasteiger partial charge >= 0.3 is 0 Å². The largest absolute Gasteiger partial charge is 0.454 e. The zero-order valence-electron chi connectivity index (χ0n) is 13.4. The normalized spacial score (nSPS) is 13.8. The van der Waals surface area contributed by atoms with Crippen LogP contribution in [0.5, 0.6) is 23.0 Å². The number of rotatable bonds is 1. The summed E-state index contributed by atoms with van der Waals surface area (Å²) in [6, 6.07) is 9.01. The fraction of sp³-hybridized carbons (Fsp3) is 0.333. The van der Waals surface area contributed by atoms with Gasteiger partial charge in [0, 0.05) is 6.07 Å². The molecule has 2 aliphatic rings. The SMILES string of the molecule is CC(C)c1cc2c(cc1F)OCO2.Cc1ccc2c(c1)OCO2. The van der Waals surface area contributed by atoms with E-state index in [4.69, 9.17) is 18.9 Å². The molecule has 122 valence electrons. The molecule has 0 atom stereocenters. The zero-order valence-corrected chi connectivity index (χ0v) is 13.4. The summed E-state index contributed by atoms with van der Waals surface area (Å²) in [5.41, 5.74) is 1.87. The molecule has 5 heteroatoms. The van der Waals surface area contributed by atoms with Crippen molar-refractivity contribution in [2.45, 2.75) is 26.7 Å². The Morgan fingerprint density at radius 1 is 0.826 bits per heavy atom. The van der Waals surface area contributed by atoms with Crippen molar-refractivity contribution in [2.24, 2.45) is 0 Å². The van der Waals surface area contributed by atoms with E-state index in [9.17, 15) is 4.39 Å². The molecule has 0 amide bonds. The van der Waals surface area contributed by atoms with Crippen molar-refractivity contribution in [3.8, 4) is 23.0 Å². The van der Waals surface area contributed by atoms with Gasteiger partial charge in [-0.05, 0) is 42.2 Å². The molecule has 4 rings (SSSR count). The van der Waals surface area contributed by atoms with Gasteiger partial charge in [0.15, 0.2) is 23.0 Å². The highest BCUT2D eigenvalue weighted by molar-refractivity contribution is 5.46. The van der Waals surface area contributed by atoms with Crippen LogP contribution in [0.25, 0.3) is 0 Å². The lowest BCUT2D eigenvalue weighted by Gasteiger charge is -2.07. The van der Waals surface area contributed by atoms with Gasteiger partial charge in [0.2, 0.25) is 13.6 Å². The van der Waals surface area contributed by atoms with Gasteiger partial charge in [0.25, 0.3) is 0 Å². The highest BCUT2D eigenvalue weighted by Crippen LogP contribution is 2.36. The average molecular weight is 318 g/mol. The first-order valence-corrected chi connectivity index (χ1v) is 7.50. The minimum absolute atomic E-state index is 0.162. The van der Waals surface area contributed by atoms with Crippen molar-refractivity contribution >= 4 is 0 Å². The van der Waals surface area contributed by atoms with E-state index >= 15 is 0 Å². The third kappa shape index (κ3) is 3.33. The Hall–Kier alpha value is -2.43. The first-order chi connectivity index (χ1) is 11.0. The summed E-state index contributed by atoms with van der Waals surface area (Å²) >= 11 is 0. The summed E-state index contributed by atoms with van der Waals surface area (Å²) < 4.78 is 33.9. The van der Waals surface area contributed by atoms with Gasteiger partial charge in [-0.25, -0.2) is 4.39 Å². The molecule has 0 fully saturated rings. The molecule has 2 heterocycles. The van der Waals surface area contributed by atoms with E-state index in [1.165, 1.54) is 11.6 Å². The van der Waals surface area contributed by atoms with E-state index in [0.29, 0.717) is 23.9 Å². The second kappa shape index (κ2) is 6.36. The Morgan fingerprint density at radius 2 is 1.39 bits per heavy atom. The number of hydrogen-bond acceptors (Lipinski definition) is 4. The van der Waals surface area contributed by atoms with Crippen molar-refractivity contribution in [1.29, 1.82) is 0 Å². The fourth-order valence-corrected chi connectivity index (χ4v) is 2.38. The van der Waals surface area contributed by atoms with Crippen LogP contribution < -0.4 is 18.9 Å². The second-order valence-electron chi connectivity index (χ2n) is 5.74. The second-order valence-corrected chi connectivity index (χ2v) is 5.74. The molecule has 0 N–H and O–H groups in total. The first kappa shape index (κ1) is 15.5. The highest BCUT2D eigenvalue weighted by atomic mass is 19.1. The lowest BCUT2D eigenvalue weighted by Crippen LogP contribution is -1.93. The van der Waals surface area contributed by atoms with Crippen LogP contribution in [-0.4, -0.2) is 13.6 Å². The number of fused-ring (bicyclic) bond motifs is 2. The fourth-order valence-electron chi connectivity index (χ4n) is 2.38. The maximum absolute atomic E-state index is 13.4. The van der Waals surface area contributed by atoms with Crippen LogP contribution in [0.3, 0.4) is 0 Å². The summed E-state index contributed by atoms with van der Waals surface area (Å²) in [5.74, 6) is 2.80. The van der Waals surface area contributed by atoms with Crippen LogP contribution in [0.2, 0.25) is 0 Å². The topological polar surface area (TPSA) is 36.9 Å². The minimum Gasteiger partial charge on any atom is -0.454 e. The predicted octanol–water partition coefficient (Wildman–Crippen LogP) is 4.40. The number of benzene rings is 2. The Balaban J connectivity index is 0.000000140. The minimum atomic E-state index is -0.223. The van der Waals surface area contributed by atoms with Gasteiger partial charge in [0.1, 0.15) is 5.82 Å². The standard InChI is InChI=1S/C10H11FO2.C8H8O2/c1-6(2)7-3-9-10(4-8(7)11)13-5-12-9;1-6-2-3-7-8(4-6)10-5-9-7/h3-4,6H,5H2,1-2H3;2-4H,5H2,1H3. The van der Waals surface area contributed by atoms with Gasteiger partial charge in [-0.15, -0.1) is 0 Å². The van der Waals surface area contributed by atoms with Crippen LogP contribution in [-0.2, 0) is 0 Å². The van der Waals surface area contributed by atoms with E-state index < -0.39 is 0 Å². The molecule has 0 aromatic heterocycles. The molecular weight excluding hydrogens is 299 g/mol. The molecule has 0 saturated carbocycles. The van der Waals surface area contributed by atoms with Crippen LogP contribution in [0, 0.1) is 12.7 Å². The maximum atomic E-state index is 13.4. The third-order valence-electron chi connectivity index (χ3n) is 3.64. The Morgan fingerprint density at radius 3 is 2.04 bits per heavy atom. The summed E-state index contributed by atoms with van der Waals surface area (Å²) in [6.07, 6.45) is 0. The molecule has 2 aromatic rings. The molecule has 4 nitrogen and oxygen atoms in total. The van der Waals surface area contributed by atoms with Gasteiger partial charge in [-0.2, -0.15) is 0 Å². The smallest absolute Gasteiger partial charge is 0.231 e. The van der Waals surface area contributed by atoms with Gasteiger partial charge in [0.05, 0.1) is 0 Å². The van der Waals surface area contributed by atoms with E-state index in [0.717, 1.165) is 11.5 Å². The third-order valence-corrected chi connectivity index (χ3v) is 3.64. The van der Waals surface area contributed by atoms with E-state index in [1.807, 2.05) is 39.0 Å². The Bertz CT molecular complexity index is 712. The summed E-state index contributed by atoms with van der Waals surface area (Å²) in [7, 11) is 0. The Kier molecular flexibility index (Phi) is 4.28. The van der Waals surface area contributed by atoms with Crippen molar-refractivity contribution in [3.63, 3.8) is 0 Å². The molecule has 0 bridgehead atoms. The number of aryl methyl sites for hydroxylation is 1. The molecule has 0 aliphatic carbocycles. The highest BCUT2D eigenvalue weighted by Gasteiger charge is 2.18. The van der Waals surface area contributed by atoms with Crippen LogP contribution in [0.4, 0.5) is 4.39 Å². The number of hydrogen-bond donors (Lipinski definition) is 0. The summed E-state index contributed by atoms with van der Waals surface area (Å²) in [5, 5.41) is 0. The average Bonchev–Trinajstić information content (AvgIpc) is 3.14. The van der Waals surface area contributed by atoms with Crippen LogP contribution in [0.1, 0.15) is 30.9 Å². The summed E-state index contributed by atoms with van der Waals surface area (Å²) in [4.78, 5) is 0. The van der Waals surface area contributed by atoms with Crippen molar-refractivity contribution in [1.82, 2.24) is 0 Å². The first-order valence-electron chi connectivity index (χ1n) is 7.50. The molecule has 0 spiro atoms. The van der Waals surface area contributed by atoms with Gasteiger partial charge < -0.3 is 18.9 Å². The van der Waals surface area contributed by atoms with E-state index in [-0.39, 0.29) is 18.5 Å². The van der Waals surface area contributed by atoms with Gasteiger partial charge in [-0.1, -0.05) is 19.9 Å². The van der Waals surface area contributed by atoms with E-state index in [2.05, 4.69) is 0 Å². The summed E-state index contributed by atoms with van der Waals surface area (Å²) in [6.45, 7) is 6.47. The van der Waals surface area contributed by atoms with E-state index in [1.54, 1.807) is 6.07 Å². The zero-order chi connectivity index (χ0) is 16.4. The maximum Gasteiger partial charge on any atom is 0.231 e. The van der Waals surface area contributed by atoms with Crippen molar-refractivity contribution < 1.29 is 23.3 Å². The lowest BCUT2D eigenvalue weighted by atomic mass is 10.0. The lowest BCUT2D eigenvalue weighted by molar-refractivity contribution is 0.173. The Labute approximate surface area is 134 Å². The monoisotopic (exact) mass is 318 g/mol. The molecular formula is C18H19FO4. The molecule has 2 aromatic carbocycles. The van der Waals surface area contributed by atoms with Crippen LogP contribution in [0.15, 0.2) is 30.3 Å². The molecule has 0 unspecified atom stereocenters. The predicted molar refractivity (Wildman–Crippen MR) is 83.9 cm³/mol.